The summed E-state index contributed by atoms with van der Waals surface area (Å²) in [6, 6.07) is 5.70. The van der Waals surface area contributed by atoms with Crippen molar-refractivity contribution in [2.45, 2.75) is 5.33 Å². The predicted molar refractivity (Wildman–Crippen MR) is 72.3 cm³/mol. The van der Waals surface area contributed by atoms with Gasteiger partial charge in [-0.1, -0.05) is 27.5 Å². The van der Waals surface area contributed by atoms with Crippen LogP contribution in [-0.4, -0.2) is 4.98 Å². The first kappa shape index (κ1) is 11.4. The van der Waals surface area contributed by atoms with E-state index < -0.39 is 0 Å². The maximum atomic E-state index is 5.95. The molecule has 15 heavy (non-hydrogen) atoms. The predicted octanol–water partition coefficient (Wildman–Crippen LogP) is 4.49. The van der Waals surface area contributed by atoms with Crippen LogP contribution < -0.4 is 0 Å². The van der Waals surface area contributed by atoms with Gasteiger partial charge >= 0.3 is 0 Å². The molecule has 2 rings (SSSR count). The molecule has 1 heterocycles. The van der Waals surface area contributed by atoms with Gasteiger partial charge in [0.05, 0.1) is 5.69 Å². The van der Waals surface area contributed by atoms with E-state index in [9.17, 15) is 0 Å². The van der Waals surface area contributed by atoms with Gasteiger partial charge in [0.2, 0.25) is 0 Å². The summed E-state index contributed by atoms with van der Waals surface area (Å²) >= 11 is 11.6. The molecule has 0 aliphatic carbocycles. The molecule has 0 N–H and O–H groups in total. The molecular weight excluding hydrogens is 392 g/mol. The molecule has 0 saturated carbocycles. The van der Waals surface area contributed by atoms with Crippen molar-refractivity contribution in [3.63, 3.8) is 0 Å². The second kappa shape index (κ2) is 4.84. The Balaban J connectivity index is 2.58. The fourth-order valence-electron chi connectivity index (χ4n) is 1.25. The van der Waals surface area contributed by atoms with Gasteiger partial charge in [0.15, 0.2) is 12.2 Å². The highest BCUT2D eigenvalue weighted by molar-refractivity contribution is 14.1. The molecule has 0 atom stereocenters. The van der Waals surface area contributed by atoms with Crippen LogP contribution in [0.15, 0.2) is 29.0 Å². The quantitative estimate of drug-likeness (QED) is 0.550. The number of hydrogen-bond acceptors (Lipinski definition) is 2. The second-order valence-corrected chi connectivity index (χ2v) is 5.05. The van der Waals surface area contributed by atoms with E-state index in [0.29, 0.717) is 10.4 Å². The lowest BCUT2D eigenvalue weighted by molar-refractivity contribution is 0.571. The molecule has 78 valence electrons. The Labute approximate surface area is 114 Å². The van der Waals surface area contributed by atoms with Gasteiger partial charge in [-0.25, -0.2) is 4.98 Å². The van der Waals surface area contributed by atoms with Gasteiger partial charge in [-0.15, -0.1) is 0 Å². The zero-order valence-corrected chi connectivity index (χ0v) is 12.0. The standard InChI is InChI=1S/C10H6BrClINO/c11-4-9-10(15-5-14-9)7-3-6(12)1-2-8(7)13/h1-3,5H,4H2. The van der Waals surface area contributed by atoms with Crippen molar-refractivity contribution in [1.29, 1.82) is 0 Å². The maximum absolute atomic E-state index is 5.95. The topological polar surface area (TPSA) is 26.0 Å². The number of oxazole rings is 1. The zero-order valence-electron chi connectivity index (χ0n) is 7.51. The number of rotatable bonds is 2. The van der Waals surface area contributed by atoms with E-state index in [4.69, 9.17) is 16.0 Å². The van der Waals surface area contributed by atoms with Crippen LogP contribution in [0, 0.1) is 3.57 Å². The molecule has 0 aliphatic rings. The van der Waals surface area contributed by atoms with Gasteiger partial charge in [0.25, 0.3) is 0 Å². The van der Waals surface area contributed by atoms with Crippen molar-refractivity contribution in [3.8, 4) is 11.3 Å². The summed E-state index contributed by atoms with van der Waals surface area (Å²) in [5.74, 6) is 0.777. The third kappa shape index (κ3) is 2.37. The number of aromatic nitrogens is 1. The van der Waals surface area contributed by atoms with Crippen molar-refractivity contribution in [1.82, 2.24) is 4.98 Å². The van der Waals surface area contributed by atoms with Crippen molar-refractivity contribution < 1.29 is 4.42 Å². The summed E-state index contributed by atoms with van der Waals surface area (Å²) in [7, 11) is 0. The summed E-state index contributed by atoms with van der Waals surface area (Å²) < 4.78 is 6.47. The van der Waals surface area contributed by atoms with Crippen LogP contribution in [0.1, 0.15) is 5.69 Å². The molecular formula is C10H6BrClINO. The summed E-state index contributed by atoms with van der Waals surface area (Å²) in [4.78, 5) is 4.12. The largest absolute Gasteiger partial charge is 0.443 e. The first-order valence-corrected chi connectivity index (χ1v) is 6.74. The third-order valence-electron chi connectivity index (χ3n) is 1.94. The molecule has 0 fully saturated rings. The van der Waals surface area contributed by atoms with Crippen molar-refractivity contribution in [2.75, 3.05) is 0 Å². The number of alkyl halides is 1. The Hall–Kier alpha value is -0.0700. The summed E-state index contributed by atoms with van der Waals surface area (Å²) in [6.07, 6.45) is 1.45. The van der Waals surface area contributed by atoms with E-state index >= 15 is 0 Å². The normalized spacial score (nSPS) is 10.6. The molecule has 0 bridgehead atoms. The van der Waals surface area contributed by atoms with Gasteiger partial charge in [-0.2, -0.15) is 0 Å². The minimum atomic E-state index is 0.668. The molecule has 2 nitrogen and oxygen atoms in total. The van der Waals surface area contributed by atoms with E-state index in [1.165, 1.54) is 6.39 Å². The van der Waals surface area contributed by atoms with Gasteiger partial charge in [-0.3, -0.25) is 0 Å². The van der Waals surface area contributed by atoms with Gasteiger partial charge in [-0.05, 0) is 40.8 Å². The average Bonchev–Trinajstić information content (AvgIpc) is 2.69. The van der Waals surface area contributed by atoms with Crippen LogP contribution >= 0.6 is 50.1 Å². The number of benzene rings is 1. The minimum absolute atomic E-state index is 0.668. The highest BCUT2D eigenvalue weighted by Gasteiger charge is 2.12. The average molecular weight is 398 g/mol. The Morgan fingerprint density at radius 1 is 1.47 bits per heavy atom. The molecule has 1 aromatic heterocycles. The molecule has 0 saturated heterocycles. The Kier molecular flexibility index (Phi) is 3.69. The molecule has 0 spiro atoms. The van der Waals surface area contributed by atoms with E-state index in [2.05, 4.69) is 43.5 Å². The fourth-order valence-corrected chi connectivity index (χ4v) is 2.41. The lowest BCUT2D eigenvalue weighted by atomic mass is 10.1. The maximum Gasteiger partial charge on any atom is 0.181 e. The van der Waals surface area contributed by atoms with Gasteiger partial charge in [0, 0.05) is 19.5 Å². The van der Waals surface area contributed by atoms with Crippen LogP contribution in [0.25, 0.3) is 11.3 Å². The molecule has 0 amide bonds. The van der Waals surface area contributed by atoms with E-state index in [1.54, 1.807) is 0 Å². The fraction of sp³-hybridized carbons (Fsp3) is 0.100. The molecule has 5 heteroatoms. The summed E-state index contributed by atoms with van der Waals surface area (Å²) in [5.41, 5.74) is 1.87. The molecule has 0 radical (unpaired) electrons. The summed E-state index contributed by atoms with van der Waals surface area (Å²) in [5, 5.41) is 1.36. The molecule has 0 aliphatic heterocycles. The van der Waals surface area contributed by atoms with E-state index in [0.717, 1.165) is 20.6 Å². The van der Waals surface area contributed by atoms with Crippen molar-refractivity contribution in [3.05, 3.63) is 38.9 Å². The van der Waals surface area contributed by atoms with Crippen molar-refractivity contribution in [2.24, 2.45) is 0 Å². The number of hydrogen-bond donors (Lipinski definition) is 0. The number of nitrogens with zero attached hydrogens (tertiary/aromatic N) is 1. The molecule has 1 aromatic carbocycles. The Morgan fingerprint density at radius 3 is 3.00 bits per heavy atom. The first-order valence-electron chi connectivity index (χ1n) is 4.16. The van der Waals surface area contributed by atoms with Crippen LogP contribution in [0.5, 0.6) is 0 Å². The third-order valence-corrected chi connectivity index (χ3v) is 3.65. The zero-order chi connectivity index (χ0) is 10.8. The van der Waals surface area contributed by atoms with Gasteiger partial charge < -0.3 is 4.42 Å². The SMILES string of the molecule is Clc1ccc(I)c(-c2ocnc2CBr)c1. The second-order valence-electron chi connectivity index (χ2n) is 2.89. The highest BCUT2D eigenvalue weighted by atomic mass is 127. The van der Waals surface area contributed by atoms with Gasteiger partial charge in [0.1, 0.15) is 0 Å². The van der Waals surface area contributed by atoms with Crippen LogP contribution in [0.2, 0.25) is 5.02 Å². The lowest BCUT2D eigenvalue weighted by Gasteiger charge is -2.02. The lowest BCUT2D eigenvalue weighted by Crippen LogP contribution is -1.86. The molecule has 2 aromatic rings. The van der Waals surface area contributed by atoms with Crippen LogP contribution in [0.4, 0.5) is 0 Å². The monoisotopic (exact) mass is 397 g/mol. The smallest absolute Gasteiger partial charge is 0.181 e. The van der Waals surface area contributed by atoms with E-state index in [-0.39, 0.29) is 0 Å². The summed E-state index contributed by atoms with van der Waals surface area (Å²) in [6.45, 7) is 0. The Morgan fingerprint density at radius 2 is 2.27 bits per heavy atom. The highest BCUT2D eigenvalue weighted by Crippen LogP contribution is 2.31. The first-order chi connectivity index (χ1) is 7.22. The van der Waals surface area contributed by atoms with Crippen LogP contribution in [0.3, 0.4) is 0 Å². The van der Waals surface area contributed by atoms with Crippen LogP contribution in [-0.2, 0) is 5.33 Å². The van der Waals surface area contributed by atoms with E-state index in [1.807, 2.05) is 18.2 Å². The van der Waals surface area contributed by atoms with Crippen molar-refractivity contribution >= 4 is 50.1 Å². The Bertz CT molecular complexity index is 486. The molecule has 0 unspecified atom stereocenters. The number of halogens is 3. The minimum Gasteiger partial charge on any atom is -0.443 e.